The molecule has 2 amide bonds. The summed E-state index contributed by atoms with van der Waals surface area (Å²) in [6.45, 7) is 1.90. The van der Waals surface area contributed by atoms with Crippen molar-refractivity contribution in [1.82, 2.24) is 20.4 Å². The zero-order valence-electron chi connectivity index (χ0n) is 13.3. The number of halogens is 2. The minimum atomic E-state index is -1.04. The van der Waals surface area contributed by atoms with E-state index in [1.54, 1.807) is 0 Å². The monoisotopic (exact) mass is 378 g/mol. The molecular weight excluding hydrogens is 366 g/mol. The quantitative estimate of drug-likeness (QED) is 0.632. The van der Waals surface area contributed by atoms with Gasteiger partial charge in [0, 0.05) is 0 Å². The lowest BCUT2D eigenvalue weighted by Crippen LogP contribution is -2.19. The molecule has 1 aromatic carbocycles. The number of nitrogens with one attached hydrogen (secondary N) is 3. The number of carbonyl (C=O) groups excluding carboxylic acids is 2. The van der Waals surface area contributed by atoms with E-state index in [-0.39, 0.29) is 16.5 Å². The zero-order valence-corrected chi connectivity index (χ0v) is 14.2. The van der Waals surface area contributed by atoms with Crippen LogP contribution in [0, 0.1) is 11.6 Å². The molecule has 3 N–H and O–H groups in total. The topological polar surface area (TPSA) is 113 Å². The van der Waals surface area contributed by atoms with Crippen LogP contribution in [0.2, 0.25) is 0 Å². The Morgan fingerprint density at radius 3 is 2.54 bits per heavy atom. The molecule has 0 aliphatic rings. The van der Waals surface area contributed by atoms with E-state index < -0.39 is 29.0 Å². The third-order valence-electron chi connectivity index (χ3n) is 3.29. The number of nitrogens with zero attached hydrogens (tertiary/aromatic N) is 3. The number of benzene rings is 1. The Labute approximate surface area is 149 Å². The van der Waals surface area contributed by atoms with E-state index in [0.29, 0.717) is 6.42 Å². The molecule has 0 aliphatic carbocycles. The summed E-state index contributed by atoms with van der Waals surface area (Å²) in [5.41, 5.74) is -0.879. The lowest BCUT2D eigenvalue weighted by Gasteiger charge is -2.07. The van der Waals surface area contributed by atoms with Gasteiger partial charge in [0.2, 0.25) is 5.13 Å². The average Bonchev–Trinajstić information content (AvgIpc) is 3.23. The summed E-state index contributed by atoms with van der Waals surface area (Å²) in [5, 5.41) is 19.6. The van der Waals surface area contributed by atoms with Crippen LogP contribution in [-0.2, 0) is 6.42 Å². The molecule has 0 spiro atoms. The summed E-state index contributed by atoms with van der Waals surface area (Å²) < 4.78 is 27.4. The highest BCUT2D eigenvalue weighted by molar-refractivity contribution is 7.15. The molecule has 0 saturated heterocycles. The van der Waals surface area contributed by atoms with Gasteiger partial charge in [-0.3, -0.25) is 20.0 Å². The molecule has 3 rings (SSSR count). The molecule has 0 saturated carbocycles. The molecule has 0 unspecified atom stereocenters. The number of aromatic amines is 1. The summed E-state index contributed by atoms with van der Waals surface area (Å²) in [7, 11) is 0. The molecule has 8 nitrogen and oxygen atoms in total. The number of aromatic nitrogens is 4. The first-order valence-electron chi connectivity index (χ1n) is 7.42. The van der Waals surface area contributed by atoms with Gasteiger partial charge in [-0.15, -0.1) is 10.2 Å². The average molecular weight is 378 g/mol. The van der Waals surface area contributed by atoms with Crippen molar-refractivity contribution < 1.29 is 18.4 Å². The Morgan fingerprint density at radius 2 is 1.88 bits per heavy atom. The highest BCUT2D eigenvalue weighted by atomic mass is 32.1. The van der Waals surface area contributed by atoms with Crippen LogP contribution < -0.4 is 10.6 Å². The first kappa shape index (κ1) is 17.6. The predicted octanol–water partition coefficient (Wildman–Crippen LogP) is 2.61. The Balaban J connectivity index is 1.78. The summed E-state index contributed by atoms with van der Waals surface area (Å²) in [5.74, 6) is -3.71. The van der Waals surface area contributed by atoms with Crippen LogP contribution in [0.5, 0.6) is 0 Å². The number of aryl methyl sites for hydroxylation is 1. The van der Waals surface area contributed by atoms with Gasteiger partial charge in [-0.1, -0.05) is 24.3 Å². The number of rotatable bonds is 5. The van der Waals surface area contributed by atoms with Crippen molar-refractivity contribution in [3.8, 4) is 0 Å². The van der Waals surface area contributed by atoms with Crippen LogP contribution in [0.3, 0.4) is 0 Å². The molecule has 134 valence electrons. The highest BCUT2D eigenvalue weighted by Gasteiger charge is 2.21. The Bertz CT molecular complexity index is 950. The van der Waals surface area contributed by atoms with Crippen LogP contribution in [0.4, 0.5) is 19.6 Å². The second kappa shape index (κ2) is 7.35. The maximum Gasteiger partial charge on any atom is 0.277 e. The van der Waals surface area contributed by atoms with Gasteiger partial charge >= 0.3 is 0 Å². The molecule has 3 aromatic rings. The van der Waals surface area contributed by atoms with Gasteiger partial charge in [-0.25, -0.2) is 8.78 Å². The van der Waals surface area contributed by atoms with Crippen molar-refractivity contribution in [2.75, 3.05) is 10.6 Å². The van der Waals surface area contributed by atoms with Crippen molar-refractivity contribution >= 4 is 34.0 Å². The van der Waals surface area contributed by atoms with E-state index in [0.717, 1.165) is 29.4 Å². The normalized spacial score (nSPS) is 10.6. The largest absolute Gasteiger partial charge is 0.318 e. The predicted molar refractivity (Wildman–Crippen MR) is 90.1 cm³/mol. The molecule has 26 heavy (non-hydrogen) atoms. The number of carbonyl (C=O) groups is 2. The van der Waals surface area contributed by atoms with E-state index in [1.165, 1.54) is 11.3 Å². The van der Waals surface area contributed by atoms with Gasteiger partial charge < -0.3 is 5.32 Å². The van der Waals surface area contributed by atoms with Gasteiger partial charge in [0.25, 0.3) is 11.8 Å². The SMILES string of the molecule is CCc1nnc(NC(=O)c2[nH]ncc2NC(=O)c2c(F)cccc2F)s1. The van der Waals surface area contributed by atoms with E-state index >= 15 is 0 Å². The van der Waals surface area contributed by atoms with Crippen molar-refractivity contribution in [2.45, 2.75) is 13.3 Å². The Morgan fingerprint density at radius 1 is 1.15 bits per heavy atom. The highest BCUT2D eigenvalue weighted by Crippen LogP contribution is 2.20. The Hall–Kier alpha value is -3.21. The summed E-state index contributed by atoms with van der Waals surface area (Å²) in [6, 6.07) is 3.06. The molecular formula is C15H12F2N6O2S. The zero-order chi connectivity index (χ0) is 18.7. The van der Waals surface area contributed by atoms with Gasteiger partial charge in [-0.2, -0.15) is 5.10 Å². The van der Waals surface area contributed by atoms with Gasteiger partial charge in [0.05, 0.1) is 11.9 Å². The molecule has 0 fully saturated rings. The number of hydrogen-bond donors (Lipinski definition) is 3. The second-order valence-electron chi connectivity index (χ2n) is 5.02. The summed E-state index contributed by atoms with van der Waals surface area (Å²) in [4.78, 5) is 24.4. The number of anilines is 2. The minimum Gasteiger partial charge on any atom is -0.318 e. The summed E-state index contributed by atoms with van der Waals surface area (Å²) >= 11 is 1.20. The van der Waals surface area contributed by atoms with E-state index in [4.69, 9.17) is 0 Å². The van der Waals surface area contributed by atoms with Crippen molar-refractivity contribution in [3.05, 3.63) is 52.3 Å². The van der Waals surface area contributed by atoms with E-state index in [2.05, 4.69) is 31.0 Å². The fourth-order valence-electron chi connectivity index (χ4n) is 2.06. The second-order valence-corrected chi connectivity index (χ2v) is 6.08. The van der Waals surface area contributed by atoms with Crippen molar-refractivity contribution in [2.24, 2.45) is 0 Å². The van der Waals surface area contributed by atoms with E-state index in [1.807, 2.05) is 6.92 Å². The molecule has 0 radical (unpaired) electrons. The number of amides is 2. The lowest BCUT2D eigenvalue weighted by molar-refractivity contribution is 0.101. The van der Waals surface area contributed by atoms with Crippen LogP contribution in [0.15, 0.2) is 24.4 Å². The maximum absolute atomic E-state index is 13.7. The fourth-order valence-corrected chi connectivity index (χ4v) is 2.73. The molecule has 0 aliphatic heterocycles. The first-order chi connectivity index (χ1) is 12.5. The maximum atomic E-state index is 13.7. The summed E-state index contributed by atoms with van der Waals surface area (Å²) in [6.07, 6.45) is 1.83. The van der Waals surface area contributed by atoms with Crippen molar-refractivity contribution in [3.63, 3.8) is 0 Å². The molecule has 2 aromatic heterocycles. The lowest BCUT2D eigenvalue weighted by atomic mass is 10.2. The first-order valence-corrected chi connectivity index (χ1v) is 8.23. The molecule has 0 atom stereocenters. The standard InChI is InChI=1S/C15H12F2N6O2S/c1-2-10-21-23-15(26-10)20-14(25)12-9(6-18-22-12)19-13(24)11-7(16)4-3-5-8(11)17/h3-6H,2H2,1H3,(H,18,22)(H,19,24)(H,20,23,25). The molecule has 11 heteroatoms. The van der Waals surface area contributed by atoms with Gasteiger partial charge in [-0.05, 0) is 18.6 Å². The number of H-pyrrole nitrogens is 1. The minimum absolute atomic E-state index is 0.0321. The van der Waals surface area contributed by atoms with E-state index in [9.17, 15) is 18.4 Å². The van der Waals surface area contributed by atoms with Crippen LogP contribution in [0.25, 0.3) is 0 Å². The van der Waals surface area contributed by atoms with Gasteiger partial charge in [0.1, 0.15) is 27.9 Å². The molecule has 0 bridgehead atoms. The Kier molecular flexibility index (Phi) is 4.98. The van der Waals surface area contributed by atoms with Crippen molar-refractivity contribution in [1.29, 1.82) is 0 Å². The smallest absolute Gasteiger partial charge is 0.277 e. The van der Waals surface area contributed by atoms with Gasteiger partial charge in [0.15, 0.2) is 0 Å². The van der Waals surface area contributed by atoms with Crippen LogP contribution >= 0.6 is 11.3 Å². The third-order valence-corrected chi connectivity index (χ3v) is 4.28. The fraction of sp³-hybridized carbons (Fsp3) is 0.133. The van der Waals surface area contributed by atoms with Crippen LogP contribution in [-0.4, -0.2) is 32.2 Å². The molecule has 2 heterocycles. The number of hydrogen-bond acceptors (Lipinski definition) is 6. The van der Waals surface area contributed by atoms with Crippen LogP contribution in [0.1, 0.15) is 32.8 Å². The third kappa shape index (κ3) is 3.57.